The molecule has 1 aromatic rings. The monoisotopic (exact) mass is 229 g/mol. The van der Waals surface area contributed by atoms with Crippen LogP contribution in [0.2, 0.25) is 0 Å². The minimum absolute atomic E-state index is 0.0325. The Balaban J connectivity index is 2.13. The Labute approximate surface area is 89.8 Å². The van der Waals surface area contributed by atoms with Crippen molar-refractivity contribution < 1.29 is 8.42 Å². The number of sulfonamides is 1. The first-order chi connectivity index (χ1) is 7.08. The number of nitrogens with one attached hydrogen (secondary N) is 1. The number of aromatic nitrogens is 1. The number of primary sulfonamides is 1. The lowest BCUT2D eigenvalue weighted by atomic mass is 10.3. The van der Waals surface area contributed by atoms with Gasteiger partial charge in [-0.05, 0) is 12.1 Å². The molecule has 0 atom stereocenters. The van der Waals surface area contributed by atoms with Crippen LogP contribution in [-0.2, 0) is 16.4 Å². The molecule has 1 heterocycles. The average Bonchev–Trinajstić information content (AvgIpc) is 2.17. The van der Waals surface area contributed by atoms with Crippen LogP contribution in [0.3, 0.4) is 0 Å². The molecule has 5 nitrogen and oxygen atoms in total. The van der Waals surface area contributed by atoms with Crippen molar-refractivity contribution in [3.05, 3.63) is 30.1 Å². The lowest BCUT2D eigenvalue weighted by Crippen LogP contribution is -2.28. The molecule has 0 aliphatic carbocycles. The van der Waals surface area contributed by atoms with E-state index in [4.69, 9.17) is 5.14 Å². The van der Waals surface area contributed by atoms with E-state index in [1.54, 1.807) is 6.20 Å². The molecule has 0 radical (unpaired) electrons. The van der Waals surface area contributed by atoms with Gasteiger partial charge in [0, 0.05) is 31.4 Å². The molecule has 0 aliphatic rings. The highest BCUT2D eigenvalue weighted by Gasteiger charge is 2.00. The number of pyridine rings is 1. The van der Waals surface area contributed by atoms with E-state index >= 15 is 0 Å². The molecule has 0 fully saturated rings. The standard InChI is InChI=1S/C9H15N3O2S/c10-15(13,14)8-7-11-6-4-9-3-1-2-5-12-9/h1-3,5,11H,4,6-8H2,(H2,10,13,14). The van der Waals surface area contributed by atoms with Crippen LogP contribution in [0.25, 0.3) is 0 Å². The Bertz CT molecular complexity index is 378. The second-order valence-corrected chi connectivity index (χ2v) is 4.92. The first-order valence-corrected chi connectivity index (χ1v) is 6.40. The molecule has 84 valence electrons. The van der Waals surface area contributed by atoms with Crippen LogP contribution in [0, 0.1) is 0 Å². The third-order valence-electron chi connectivity index (χ3n) is 1.85. The molecule has 1 aromatic heterocycles. The maximum Gasteiger partial charge on any atom is 0.210 e. The van der Waals surface area contributed by atoms with Crippen molar-refractivity contribution in [1.29, 1.82) is 0 Å². The van der Waals surface area contributed by atoms with Crippen molar-refractivity contribution >= 4 is 10.0 Å². The van der Waals surface area contributed by atoms with Crippen molar-refractivity contribution in [2.45, 2.75) is 6.42 Å². The smallest absolute Gasteiger partial charge is 0.210 e. The molecule has 1 rings (SSSR count). The fourth-order valence-corrected chi connectivity index (χ4v) is 1.53. The molecule has 15 heavy (non-hydrogen) atoms. The van der Waals surface area contributed by atoms with E-state index in [2.05, 4.69) is 10.3 Å². The van der Waals surface area contributed by atoms with Gasteiger partial charge in [0.15, 0.2) is 0 Å². The second-order valence-electron chi connectivity index (χ2n) is 3.19. The number of rotatable bonds is 6. The van der Waals surface area contributed by atoms with Gasteiger partial charge in [-0.15, -0.1) is 0 Å². The van der Waals surface area contributed by atoms with Gasteiger partial charge in [-0.1, -0.05) is 6.07 Å². The van der Waals surface area contributed by atoms with Crippen LogP contribution in [0.1, 0.15) is 5.69 Å². The zero-order valence-electron chi connectivity index (χ0n) is 8.39. The fourth-order valence-electron chi connectivity index (χ4n) is 1.10. The summed E-state index contributed by atoms with van der Waals surface area (Å²) in [5.41, 5.74) is 0.987. The Morgan fingerprint density at radius 1 is 1.33 bits per heavy atom. The quantitative estimate of drug-likeness (QED) is 0.644. The summed E-state index contributed by atoms with van der Waals surface area (Å²) < 4.78 is 21.2. The van der Waals surface area contributed by atoms with Gasteiger partial charge in [0.1, 0.15) is 0 Å². The molecule has 0 bridgehead atoms. The second kappa shape index (κ2) is 5.79. The van der Waals surface area contributed by atoms with Gasteiger partial charge in [-0.2, -0.15) is 0 Å². The average molecular weight is 229 g/mol. The molecular formula is C9H15N3O2S. The Kier molecular flexibility index (Phi) is 4.67. The summed E-state index contributed by atoms with van der Waals surface area (Å²) >= 11 is 0. The zero-order chi connectivity index (χ0) is 11.1. The van der Waals surface area contributed by atoms with E-state index in [1.165, 1.54) is 0 Å². The van der Waals surface area contributed by atoms with E-state index in [0.717, 1.165) is 12.1 Å². The van der Waals surface area contributed by atoms with Crippen molar-refractivity contribution in [2.24, 2.45) is 5.14 Å². The maximum absolute atomic E-state index is 10.6. The van der Waals surface area contributed by atoms with E-state index in [-0.39, 0.29) is 5.75 Å². The van der Waals surface area contributed by atoms with Crippen LogP contribution in [-0.4, -0.2) is 32.2 Å². The van der Waals surface area contributed by atoms with Gasteiger partial charge >= 0.3 is 0 Å². The summed E-state index contributed by atoms with van der Waals surface area (Å²) in [5, 5.41) is 7.84. The third kappa shape index (κ3) is 6.16. The highest BCUT2D eigenvalue weighted by atomic mass is 32.2. The molecule has 0 amide bonds. The van der Waals surface area contributed by atoms with Crippen molar-refractivity contribution in [3.63, 3.8) is 0 Å². The first-order valence-electron chi connectivity index (χ1n) is 4.69. The van der Waals surface area contributed by atoms with E-state index in [0.29, 0.717) is 13.1 Å². The van der Waals surface area contributed by atoms with Crippen molar-refractivity contribution in [3.8, 4) is 0 Å². The molecule has 0 aromatic carbocycles. The highest BCUT2D eigenvalue weighted by Crippen LogP contribution is 1.92. The van der Waals surface area contributed by atoms with Crippen LogP contribution in [0.4, 0.5) is 0 Å². The molecule has 0 saturated carbocycles. The molecule has 0 saturated heterocycles. The van der Waals surface area contributed by atoms with Gasteiger partial charge in [-0.3, -0.25) is 4.98 Å². The van der Waals surface area contributed by atoms with Crippen molar-refractivity contribution in [1.82, 2.24) is 10.3 Å². The first kappa shape index (κ1) is 12.1. The van der Waals surface area contributed by atoms with Gasteiger partial charge in [0.25, 0.3) is 0 Å². The van der Waals surface area contributed by atoms with Gasteiger partial charge < -0.3 is 5.32 Å². The summed E-state index contributed by atoms with van der Waals surface area (Å²) in [6.45, 7) is 1.08. The van der Waals surface area contributed by atoms with Crippen LogP contribution >= 0.6 is 0 Å². The van der Waals surface area contributed by atoms with Crippen LogP contribution in [0.5, 0.6) is 0 Å². The number of hydrogen-bond acceptors (Lipinski definition) is 4. The van der Waals surface area contributed by atoms with Crippen LogP contribution < -0.4 is 10.5 Å². The largest absolute Gasteiger partial charge is 0.315 e. The van der Waals surface area contributed by atoms with E-state index in [1.807, 2.05) is 18.2 Å². The summed E-state index contributed by atoms with van der Waals surface area (Å²) in [4.78, 5) is 4.14. The lowest BCUT2D eigenvalue weighted by molar-refractivity contribution is 0.592. The lowest BCUT2D eigenvalue weighted by Gasteiger charge is -2.02. The molecule has 3 N–H and O–H groups in total. The number of nitrogens with zero attached hydrogens (tertiary/aromatic N) is 1. The predicted molar refractivity (Wildman–Crippen MR) is 58.8 cm³/mol. The molecule has 6 heteroatoms. The Morgan fingerprint density at radius 3 is 2.73 bits per heavy atom. The molecule has 0 unspecified atom stereocenters. The molecule has 0 aliphatic heterocycles. The highest BCUT2D eigenvalue weighted by molar-refractivity contribution is 7.89. The molecular weight excluding hydrogens is 214 g/mol. The SMILES string of the molecule is NS(=O)(=O)CCNCCc1ccccn1. The summed E-state index contributed by atoms with van der Waals surface area (Å²) in [5.74, 6) is -0.0325. The van der Waals surface area contributed by atoms with E-state index in [9.17, 15) is 8.42 Å². The van der Waals surface area contributed by atoms with Gasteiger partial charge in [-0.25, -0.2) is 13.6 Å². The molecule has 0 spiro atoms. The van der Waals surface area contributed by atoms with Crippen molar-refractivity contribution in [2.75, 3.05) is 18.8 Å². The maximum atomic E-state index is 10.6. The fraction of sp³-hybridized carbons (Fsp3) is 0.444. The third-order valence-corrected chi connectivity index (χ3v) is 2.62. The number of hydrogen-bond donors (Lipinski definition) is 2. The topological polar surface area (TPSA) is 85.1 Å². The summed E-state index contributed by atoms with van der Waals surface area (Å²) in [6.07, 6.45) is 2.52. The minimum Gasteiger partial charge on any atom is -0.315 e. The minimum atomic E-state index is -3.35. The Morgan fingerprint density at radius 2 is 2.13 bits per heavy atom. The summed E-state index contributed by atoms with van der Waals surface area (Å²) in [6, 6.07) is 5.71. The summed E-state index contributed by atoms with van der Waals surface area (Å²) in [7, 11) is -3.35. The Hall–Kier alpha value is -0.980. The number of nitrogens with two attached hydrogens (primary N) is 1. The van der Waals surface area contributed by atoms with Crippen LogP contribution in [0.15, 0.2) is 24.4 Å². The normalized spacial score (nSPS) is 11.5. The van der Waals surface area contributed by atoms with Gasteiger partial charge in [0.05, 0.1) is 5.75 Å². The zero-order valence-corrected chi connectivity index (χ0v) is 9.20. The predicted octanol–water partition coefficient (Wildman–Crippen LogP) is -0.498. The van der Waals surface area contributed by atoms with E-state index < -0.39 is 10.0 Å². The van der Waals surface area contributed by atoms with Gasteiger partial charge in [0.2, 0.25) is 10.0 Å².